The molecular formula is C29H38F2N6O5. The fraction of sp³-hybridized carbons (Fsp3) is 0.483. The van der Waals surface area contributed by atoms with Gasteiger partial charge in [-0.3, -0.25) is 34.3 Å². The lowest BCUT2D eigenvalue weighted by Gasteiger charge is -2.38. The zero-order valence-corrected chi connectivity index (χ0v) is 23.9. The molecule has 2 heterocycles. The van der Waals surface area contributed by atoms with E-state index in [0.717, 1.165) is 55.8 Å². The molecule has 42 heavy (non-hydrogen) atoms. The predicted molar refractivity (Wildman–Crippen MR) is 154 cm³/mol. The van der Waals surface area contributed by atoms with Crippen molar-refractivity contribution in [3.05, 3.63) is 75.1 Å². The van der Waals surface area contributed by atoms with Crippen LogP contribution in [0.2, 0.25) is 0 Å². The number of allylic oxidation sites excluding steroid dienone is 4. The largest absolute Gasteiger partial charge is 0.391 e. The molecule has 13 heteroatoms. The second-order valence-electron chi connectivity index (χ2n) is 10.5. The fourth-order valence-electron chi connectivity index (χ4n) is 5.26. The molecule has 0 spiro atoms. The van der Waals surface area contributed by atoms with Crippen molar-refractivity contribution in [2.24, 2.45) is 11.7 Å². The van der Waals surface area contributed by atoms with E-state index in [9.17, 15) is 33.3 Å². The zero-order chi connectivity index (χ0) is 30.8. The number of aryl methyl sites for hydroxylation is 1. The summed E-state index contributed by atoms with van der Waals surface area (Å²) in [5.41, 5.74) is 6.39. The highest BCUT2D eigenvalue weighted by molar-refractivity contribution is 6.04. The number of amides is 3. The number of imide groups is 1. The van der Waals surface area contributed by atoms with Gasteiger partial charge in [-0.2, -0.15) is 4.39 Å². The Hall–Kier alpha value is -4.13. The third kappa shape index (κ3) is 8.44. The van der Waals surface area contributed by atoms with Gasteiger partial charge in [0.15, 0.2) is 0 Å². The molecule has 1 fully saturated rings. The lowest BCUT2D eigenvalue weighted by Crippen LogP contribution is -2.48. The monoisotopic (exact) mass is 588 g/mol. The maximum atomic E-state index is 14.4. The van der Waals surface area contributed by atoms with Crippen LogP contribution in [-0.2, 0) is 9.59 Å². The molecule has 11 nitrogen and oxygen atoms in total. The molecule has 2 atom stereocenters. The van der Waals surface area contributed by atoms with Gasteiger partial charge in [-0.15, -0.1) is 0 Å². The van der Waals surface area contributed by atoms with E-state index >= 15 is 0 Å². The van der Waals surface area contributed by atoms with Crippen LogP contribution in [0.3, 0.4) is 0 Å². The van der Waals surface area contributed by atoms with Crippen LogP contribution in [-0.4, -0.2) is 78.3 Å². The Morgan fingerprint density at radius 2 is 1.95 bits per heavy atom. The van der Waals surface area contributed by atoms with E-state index in [-0.39, 0.29) is 18.8 Å². The number of nitrogens with one attached hydrogen (secondary N) is 1. The van der Waals surface area contributed by atoms with Gasteiger partial charge in [-0.1, -0.05) is 6.92 Å². The van der Waals surface area contributed by atoms with E-state index in [0.29, 0.717) is 36.6 Å². The summed E-state index contributed by atoms with van der Waals surface area (Å²) in [6.45, 7) is 7.68. The molecule has 2 aliphatic heterocycles. The second-order valence-corrected chi connectivity index (χ2v) is 10.5. The number of hydrogen-bond acceptors (Lipinski definition) is 8. The predicted octanol–water partition coefficient (Wildman–Crippen LogP) is 3.19. The summed E-state index contributed by atoms with van der Waals surface area (Å²) in [4.78, 5) is 51.9. The SMILES string of the molecule is CCC(C(N)=O)N(C=O)C(=O)c1ccc(N2CCN(CC3CCN/C=C/C(F)=C([N+](=O)[O-])\C=C(\F)CC3)CC2)cc1C. The number of halogens is 2. The topological polar surface area (TPSA) is 142 Å². The smallest absolute Gasteiger partial charge is 0.307 e. The highest BCUT2D eigenvalue weighted by atomic mass is 19.1. The van der Waals surface area contributed by atoms with E-state index in [2.05, 4.69) is 15.1 Å². The van der Waals surface area contributed by atoms with Gasteiger partial charge in [0.1, 0.15) is 11.9 Å². The van der Waals surface area contributed by atoms with Crippen LogP contribution in [0, 0.1) is 23.0 Å². The minimum Gasteiger partial charge on any atom is -0.391 e. The fourth-order valence-corrected chi connectivity index (χ4v) is 5.26. The molecule has 3 rings (SSSR count). The number of hydrogen-bond donors (Lipinski definition) is 2. The normalized spacial score (nSPS) is 23.3. The molecule has 0 saturated carbocycles. The Balaban J connectivity index is 1.61. The lowest BCUT2D eigenvalue weighted by atomic mass is 9.97. The minimum atomic E-state index is -1.11. The molecule has 228 valence electrons. The molecule has 3 N–H and O–H groups in total. The number of nitrogens with two attached hydrogens (primary N) is 1. The first-order chi connectivity index (χ1) is 20.0. The summed E-state index contributed by atoms with van der Waals surface area (Å²) in [5, 5.41) is 14.1. The molecule has 0 bridgehead atoms. The molecule has 1 aromatic rings. The number of rotatable bonds is 9. The molecule has 2 unspecified atom stereocenters. The van der Waals surface area contributed by atoms with Gasteiger partial charge in [0.05, 0.1) is 11.0 Å². The lowest BCUT2D eigenvalue weighted by molar-refractivity contribution is -0.421. The number of carbonyl (C=O) groups excluding carboxylic acids is 3. The molecular weight excluding hydrogens is 550 g/mol. The maximum absolute atomic E-state index is 14.4. The van der Waals surface area contributed by atoms with Crippen molar-refractivity contribution in [3.63, 3.8) is 0 Å². The van der Waals surface area contributed by atoms with E-state index in [1.807, 2.05) is 12.1 Å². The minimum absolute atomic E-state index is 0.0106. The number of carbonyl (C=O) groups is 3. The summed E-state index contributed by atoms with van der Waals surface area (Å²) >= 11 is 0. The van der Waals surface area contributed by atoms with E-state index in [4.69, 9.17) is 5.73 Å². The van der Waals surface area contributed by atoms with Gasteiger partial charge in [-0.05, 0) is 74.6 Å². The molecule has 0 aliphatic carbocycles. The number of nitrogens with zero attached hydrogens (tertiary/aromatic N) is 4. The van der Waals surface area contributed by atoms with Crippen LogP contribution in [0.1, 0.15) is 48.5 Å². The first-order valence-corrected chi connectivity index (χ1v) is 14.0. The summed E-state index contributed by atoms with van der Waals surface area (Å²) < 4.78 is 28.5. The standard InChI is InChI=1S/C29H38F2N6O5/c1-3-26(28(32)39)36(19-38)29(40)24-7-6-23(16-20(24)2)35-14-12-34(13-15-35)18-21-4-5-22(30)17-27(37(41)42)25(31)9-11-33-10-8-21/h6-7,9,11,16-17,19,21,26,33H,3-5,8,10,12-15,18H2,1-2H3,(H2,32,39)/b11-9+,22-17+,27-25-. The third-order valence-electron chi connectivity index (χ3n) is 7.66. The number of benzene rings is 1. The molecule has 1 saturated heterocycles. The molecule has 0 radical (unpaired) electrons. The number of primary amides is 1. The van der Waals surface area contributed by atoms with E-state index in [1.54, 1.807) is 19.9 Å². The van der Waals surface area contributed by atoms with Crippen LogP contribution in [0.4, 0.5) is 14.5 Å². The van der Waals surface area contributed by atoms with Crippen molar-refractivity contribution >= 4 is 23.9 Å². The van der Waals surface area contributed by atoms with Crippen molar-refractivity contribution in [3.8, 4) is 0 Å². The van der Waals surface area contributed by atoms with Crippen LogP contribution in [0.25, 0.3) is 0 Å². The molecule has 2 aliphatic rings. The van der Waals surface area contributed by atoms with Crippen molar-refractivity contribution < 1.29 is 28.1 Å². The van der Waals surface area contributed by atoms with Crippen molar-refractivity contribution in [1.82, 2.24) is 15.1 Å². The highest BCUT2D eigenvalue weighted by Crippen LogP contribution is 2.25. The van der Waals surface area contributed by atoms with Gasteiger partial charge in [0, 0.05) is 50.5 Å². The Kier molecular flexibility index (Phi) is 11.7. The zero-order valence-electron chi connectivity index (χ0n) is 23.9. The quantitative estimate of drug-likeness (QED) is 0.255. The summed E-state index contributed by atoms with van der Waals surface area (Å²) in [7, 11) is 0. The average Bonchev–Trinajstić information content (AvgIpc) is 2.95. The van der Waals surface area contributed by atoms with E-state index < -0.39 is 40.1 Å². The Bertz CT molecular complexity index is 1260. The average molecular weight is 589 g/mol. The number of nitro groups is 1. The van der Waals surface area contributed by atoms with Crippen molar-refractivity contribution in [1.29, 1.82) is 0 Å². The molecule has 0 aromatic heterocycles. The van der Waals surface area contributed by atoms with Gasteiger partial charge in [0.2, 0.25) is 18.1 Å². The van der Waals surface area contributed by atoms with Crippen molar-refractivity contribution in [2.75, 3.05) is 44.2 Å². The van der Waals surface area contributed by atoms with Gasteiger partial charge < -0.3 is 16.0 Å². The van der Waals surface area contributed by atoms with E-state index in [1.165, 1.54) is 6.20 Å². The van der Waals surface area contributed by atoms with Crippen LogP contribution in [0.15, 0.2) is 53.9 Å². The maximum Gasteiger partial charge on any atom is 0.307 e. The van der Waals surface area contributed by atoms with Gasteiger partial charge >= 0.3 is 5.70 Å². The van der Waals surface area contributed by atoms with Crippen LogP contribution in [0.5, 0.6) is 0 Å². The number of piperazine rings is 1. The van der Waals surface area contributed by atoms with Gasteiger partial charge in [-0.25, -0.2) is 4.39 Å². The molecule has 1 aromatic carbocycles. The highest BCUT2D eigenvalue weighted by Gasteiger charge is 2.29. The number of anilines is 1. The Labute approximate surface area is 243 Å². The summed E-state index contributed by atoms with van der Waals surface area (Å²) in [6.07, 6.45) is 4.66. The summed E-state index contributed by atoms with van der Waals surface area (Å²) in [6, 6.07) is 4.35. The third-order valence-corrected chi connectivity index (χ3v) is 7.66. The first-order valence-electron chi connectivity index (χ1n) is 14.0. The Morgan fingerprint density at radius 1 is 1.24 bits per heavy atom. The van der Waals surface area contributed by atoms with Gasteiger partial charge in [0.25, 0.3) is 5.91 Å². The van der Waals surface area contributed by atoms with Crippen LogP contribution >= 0.6 is 0 Å². The summed E-state index contributed by atoms with van der Waals surface area (Å²) in [5.74, 6) is -3.02. The second kappa shape index (κ2) is 15.2. The van der Waals surface area contributed by atoms with Crippen LogP contribution < -0.4 is 16.0 Å². The molecule has 3 amide bonds. The van der Waals surface area contributed by atoms with Crippen molar-refractivity contribution in [2.45, 2.75) is 45.6 Å². The Morgan fingerprint density at radius 3 is 2.55 bits per heavy atom. The first kappa shape index (κ1) is 32.4.